The monoisotopic (exact) mass is 362 g/mol. The highest BCUT2D eigenvalue weighted by Crippen LogP contribution is 2.18. The topological polar surface area (TPSA) is 80.0 Å². The Balaban J connectivity index is 1.38. The molecule has 1 saturated heterocycles. The lowest BCUT2D eigenvalue weighted by Crippen LogP contribution is -2.42. The molecule has 3 rings (SSSR count). The highest BCUT2D eigenvalue weighted by atomic mass is 32.2. The summed E-state index contributed by atoms with van der Waals surface area (Å²) in [5, 5.41) is 2.91. The number of ether oxygens (including phenoxy) is 1. The molecule has 1 aromatic carbocycles. The van der Waals surface area contributed by atoms with Crippen LogP contribution in [0.2, 0.25) is 0 Å². The lowest BCUT2D eigenvalue weighted by Gasteiger charge is -2.27. The summed E-state index contributed by atoms with van der Waals surface area (Å²) in [7, 11) is 0. The number of nitrogens with one attached hydrogen (secondary N) is 1. The first-order chi connectivity index (χ1) is 12.2. The lowest BCUT2D eigenvalue weighted by atomic mass is 10.1. The fourth-order valence-electron chi connectivity index (χ4n) is 2.59. The average molecular weight is 362 g/mol. The Morgan fingerprint density at radius 2 is 2.00 bits per heavy atom. The molecule has 136 valence electrons. The summed E-state index contributed by atoms with van der Waals surface area (Å²) < 4.78 is 5.51. The number of amides is 1. The Hall–Kier alpha value is -1.89. The van der Waals surface area contributed by atoms with E-state index in [2.05, 4.69) is 15.2 Å². The molecular formula is C18H26N4O2S. The van der Waals surface area contributed by atoms with E-state index in [1.165, 1.54) is 5.56 Å². The fourth-order valence-corrected chi connectivity index (χ4v) is 3.49. The Kier molecular flexibility index (Phi) is 6.44. The third kappa shape index (κ3) is 6.16. The predicted octanol–water partition coefficient (Wildman–Crippen LogP) is 1.25. The van der Waals surface area contributed by atoms with Crippen LogP contribution in [0.4, 0.5) is 0 Å². The van der Waals surface area contributed by atoms with Gasteiger partial charge in [-0.3, -0.25) is 9.79 Å². The van der Waals surface area contributed by atoms with Crippen LogP contribution >= 0.6 is 11.8 Å². The maximum absolute atomic E-state index is 11.6. The second-order valence-corrected chi connectivity index (χ2v) is 7.59. The molecule has 2 aliphatic rings. The van der Waals surface area contributed by atoms with Crippen LogP contribution in [0.1, 0.15) is 18.4 Å². The van der Waals surface area contributed by atoms with E-state index in [1.54, 1.807) is 0 Å². The highest BCUT2D eigenvalue weighted by Gasteiger charge is 2.23. The number of carbonyl (C=O) groups is 1. The Morgan fingerprint density at radius 3 is 2.68 bits per heavy atom. The zero-order valence-electron chi connectivity index (χ0n) is 14.4. The van der Waals surface area contributed by atoms with Crippen LogP contribution in [0.15, 0.2) is 29.3 Å². The van der Waals surface area contributed by atoms with Gasteiger partial charge in [-0.1, -0.05) is 12.1 Å². The van der Waals surface area contributed by atoms with Gasteiger partial charge in [-0.15, -0.1) is 0 Å². The summed E-state index contributed by atoms with van der Waals surface area (Å²) in [6.45, 7) is 2.73. The molecule has 1 aromatic rings. The van der Waals surface area contributed by atoms with Crippen molar-refractivity contribution < 1.29 is 9.53 Å². The molecule has 2 fully saturated rings. The van der Waals surface area contributed by atoms with Crippen molar-refractivity contribution >= 4 is 23.6 Å². The van der Waals surface area contributed by atoms with Crippen molar-refractivity contribution in [3.05, 3.63) is 29.8 Å². The predicted molar refractivity (Wildman–Crippen MR) is 102 cm³/mol. The molecule has 0 bridgehead atoms. The van der Waals surface area contributed by atoms with Crippen LogP contribution in [0.5, 0.6) is 5.75 Å². The van der Waals surface area contributed by atoms with Crippen molar-refractivity contribution in [2.75, 3.05) is 37.7 Å². The van der Waals surface area contributed by atoms with Gasteiger partial charge in [0, 0.05) is 37.2 Å². The minimum atomic E-state index is -0.0486. The van der Waals surface area contributed by atoms with Crippen molar-refractivity contribution in [3.8, 4) is 5.75 Å². The number of carbonyl (C=O) groups excluding carboxylic acids is 1. The van der Waals surface area contributed by atoms with Gasteiger partial charge in [-0.25, -0.2) is 0 Å². The molecule has 1 aliphatic heterocycles. The first kappa shape index (κ1) is 17.9. The summed E-state index contributed by atoms with van der Waals surface area (Å²) in [6, 6.07) is 8.19. The quantitative estimate of drug-likeness (QED) is 0.564. The van der Waals surface area contributed by atoms with Gasteiger partial charge in [0.25, 0.3) is 5.91 Å². The van der Waals surface area contributed by atoms with E-state index in [9.17, 15) is 4.79 Å². The lowest BCUT2D eigenvalue weighted by molar-refractivity contribution is -0.123. The molecule has 25 heavy (non-hydrogen) atoms. The van der Waals surface area contributed by atoms with E-state index in [0.29, 0.717) is 24.3 Å². The van der Waals surface area contributed by atoms with Gasteiger partial charge < -0.3 is 20.7 Å². The van der Waals surface area contributed by atoms with Gasteiger partial charge in [0.1, 0.15) is 5.75 Å². The minimum absolute atomic E-state index is 0.0486. The van der Waals surface area contributed by atoms with Gasteiger partial charge in [0.2, 0.25) is 0 Å². The molecule has 7 heteroatoms. The van der Waals surface area contributed by atoms with E-state index in [-0.39, 0.29) is 12.5 Å². The summed E-state index contributed by atoms with van der Waals surface area (Å²) in [6.07, 6.45) is 3.01. The average Bonchev–Trinajstić information content (AvgIpc) is 3.45. The molecule has 3 N–H and O–H groups in total. The van der Waals surface area contributed by atoms with Crippen LogP contribution in [0.25, 0.3) is 0 Å². The molecule has 6 nitrogen and oxygen atoms in total. The summed E-state index contributed by atoms with van der Waals surface area (Å²) in [5.74, 6) is 3.56. The zero-order chi connectivity index (χ0) is 17.5. The van der Waals surface area contributed by atoms with E-state index in [1.807, 2.05) is 36.0 Å². The number of thioether (sulfide) groups is 1. The fraction of sp³-hybridized carbons (Fsp3) is 0.556. The van der Waals surface area contributed by atoms with Crippen LogP contribution < -0.4 is 15.8 Å². The van der Waals surface area contributed by atoms with Gasteiger partial charge >= 0.3 is 0 Å². The van der Waals surface area contributed by atoms with Crippen LogP contribution in [0.3, 0.4) is 0 Å². The second kappa shape index (κ2) is 8.99. The summed E-state index contributed by atoms with van der Waals surface area (Å²) >= 11 is 1.96. The maximum Gasteiger partial charge on any atom is 0.258 e. The highest BCUT2D eigenvalue weighted by molar-refractivity contribution is 7.99. The van der Waals surface area contributed by atoms with Crippen molar-refractivity contribution in [1.29, 1.82) is 0 Å². The normalized spacial score (nSPS) is 18.1. The number of benzene rings is 1. The van der Waals surface area contributed by atoms with E-state index in [0.717, 1.165) is 43.9 Å². The Bertz CT molecular complexity index is 596. The molecule has 0 spiro atoms. The number of nitrogens with zero attached hydrogens (tertiary/aromatic N) is 2. The molecular weight excluding hydrogens is 336 g/mol. The van der Waals surface area contributed by atoms with E-state index >= 15 is 0 Å². The number of hydrogen-bond acceptors (Lipinski definition) is 4. The van der Waals surface area contributed by atoms with Gasteiger partial charge in [-0.05, 0) is 37.0 Å². The van der Waals surface area contributed by atoms with Gasteiger partial charge in [0.15, 0.2) is 12.6 Å². The maximum atomic E-state index is 11.6. The molecule has 1 saturated carbocycles. The Labute approximate surface area is 153 Å². The van der Waals surface area contributed by atoms with Crippen LogP contribution in [-0.4, -0.2) is 60.6 Å². The molecule has 1 heterocycles. The third-order valence-corrected chi connectivity index (χ3v) is 5.19. The standard InChI is InChI=1S/C18H26N4O2S/c19-18(22-9-11-25-12-10-22)20-8-7-14-1-5-16(6-2-14)24-13-17(23)21-15-3-4-15/h1-2,5-6,15H,3-4,7-13H2,(H2,19,20)(H,21,23). The van der Waals surface area contributed by atoms with E-state index < -0.39 is 0 Å². The van der Waals surface area contributed by atoms with Crippen molar-refractivity contribution in [2.45, 2.75) is 25.3 Å². The first-order valence-electron chi connectivity index (χ1n) is 8.84. The third-order valence-electron chi connectivity index (χ3n) is 4.25. The van der Waals surface area contributed by atoms with Crippen LogP contribution in [-0.2, 0) is 11.2 Å². The molecule has 1 aliphatic carbocycles. The first-order valence-corrected chi connectivity index (χ1v) is 10.00. The molecule has 0 atom stereocenters. The SMILES string of the molecule is NC(=NCCc1ccc(OCC(=O)NC2CC2)cc1)N1CCSCC1. The largest absolute Gasteiger partial charge is 0.484 e. The minimum Gasteiger partial charge on any atom is -0.484 e. The number of guanidine groups is 1. The second-order valence-electron chi connectivity index (χ2n) is 6.36. The zero-order valence-corrected chi connectivity index (χ0v) is 15.3. The number of rotatable bonds is 7. The number of hydrogen-bond donors (Lipinski definition) is 2. The molecule has 1 amide bonds. The molecule has 0 aromatic heterocycles. The van der Waals surface area contributed by atoms with Gasteiger partial charge in [0.05, 0.1) is 0 Å². The number of aliphatic imine (C=N–C) groups is 1. The Morgan fingerprint density at radius 1 is 1.28 bits per heavy atom. The molecule has 0 radical (unpaired) electrons. The summed E-state index contributed by atoms with van der Waals surface area (Å²) in [4.78, 5) is 18.2. The van der Waals surface area contributed by atoms with Crippen LogP contribution in [0, 0.1) is 0 Å². The van der Waals surface area contributed by atoms with Crippen molar-refractivity contribution in [3.63, 3.8) is 0 Å². The summed E-state index contributed by atoms with van der Waals surface area (Å²) in [5.41, 5.74) is 7.23. The molecule has 0 unspecified atom stereocenters. The van der Waals surface area contributed by atoms with Crippen molar-refractivity contribution in [1.82, 2.24) is 10.2 Å². The van der Waals surface area contributed by atoms with Gasteiger partial charge in [-0.2, -0.15) is 11.8 Å². The van der Waals surface area contributed by atoms with Crippen molar-refractivity contribution in [2.24, 2.45) is 10.7 Å². The number of nitrogens with two attached hydrogens (primary N) is 1. The van der Waals surface area contributed by atoms with E-state index in [4.69, 9.17) is 10.5 Å². The smallest absolute Gasteiger partial charge is 0.258 e.